The number of oxime groups is 1. The van der Waals surface area contributed by atoms with E-state index in [0.717, 1.165) is 12.8 Å². The van der Waals surface area contributed by atoms with Gasteiger partial charge in [0.1, 0.15) is 0 Å². The van der Waals surface area contributed by atoms with Gasteiger partial charge in [-0.15, -0.1) is 0 Å². The molecule has 1 fully saturated rings. The van der Waals surface area contributed by atoms with E-state index in [1.807, 2.05) is 0 Å². The molecule has 1 aromatic rings. The highest BCUT2D eigenvalue weighted by Crippen LogP contribution is 2.28. The highest BCUT2D eigenvalue weighted by molar-refractivity contribution is 9.10. The fourth-order valence-corrected chi connectivity index (χ4v) is 3.17. The summed E-state index contributed by atoms with van der Waals surface area (Å²) in [6, 6.07) is 5.16. The van der Waals surface area contributed by atoms with Gasteiger partial charge >= 0.3 is 0 Å². The van der Waals surface area contributed by atoms with Crippen LogP contribution in [0, 0.1) is 5.92 Å². The number of nitrogens with two attached hydrogens (primary N) is 1. The number of nitrogens with zero attached hydrogens (tertiary/aromatic N) is 1. The van der Waals surface area contributed by atoms with Crippen LogP contribution >= 0.6 is 15.9 Å². The highest BCUT2D eigenvalue weighted by atomic mass is 79.9. The molecule has 21 heavy (non-hydrogen) atoms. The topological polar surface area (TPSA) is 87.7 Å². The Bertz CT molecular complexity index is 540. The van der Waals surface area contributed by atoms with Crippen LogP contribution in [0.1, 0.15) is 44.1 Å². The molecule has 0 aromatic heterocycles. The summed E-state index contributed by atoms with van der Waals surface area (Å²) in [4.78, 5) is 12.1. The van der Waals surface area contributed by atoms with Crippen molar-refractivity contribution in [2.45, 2.75) is 38.5 Å². The minimum Gasteiger partial charge on any atom is -0.409 e. The maximum Gasteiger partial charge on any atom is 0.224 e. The quantitative estimate of drug-likeness (QED) is 0.335. The first-order valence-electron chi connectivity index (χ1n) is 7.17. The van der Waals surface area contributed by atoms with Gasteiger partial charge in [0.15, 0.2) is 5.84 Å². The summed E-state index contributed by atoms with van der Waals surface area (Å²) in [5.74, 6) is 0.587. The number of carbonyl (C=O) groups is 1. The van der Waals surface area contributed by atoms with Gasteiger partial charge in [0, 0.05) is 16.5 Å². The van der Waals surface area contributed by atoms with Gasteiger partial charge in [0.2, 0.25) is 5.91 Å². The molecule has 0 aliphatic heterocycles. The molecule has 0 atom stereocenters. The zero-order valence-electron chi connectivity index (χ0n) is 11.8. The number of amidine groups is 1. The standard InChI is InChI=1S/C15H20BrN3O2/c16-12-9-11(15(17)19-21)6-7-13(12)18-14(20)8-10-4-2-1-3-5-10/h6-7,9-10,21H,1-5,8H2,(H2,17,19)(H,18,20). The minimum atomic E-state index is 0.0378. The Morgan fingerprint density at radius 1 is 1.38 bits per heavy atom. The maximum absolute atomic E-state index is 12.1. The average Bonchev–Trinajstić information content (AvgIpc) is 2.49. The molecule has 6 heteroatoms. The summed E-state index contributed by atoms with van der Waals surface area (Å²) in [5.41, 5.74) is 6.82. The second-order valence-electron chi connectivity index (χ2n) is 5.44. The van der Waals surface area contributed by atoms with Crippen molar-refractivity contribution < 1.29 is 10.0 Å². The Balaban J connectivity index is 1.97. The van der Waals surface area contributed by atoms with E-state index in [1.54, 1.807) is 18.2 Å². The summed E-state index contributed by atoms with van der Waals surface area (Å²) < 4.78 is 0.712. The predicted octanol–water partition coefficient (Wildman–Crippen LogP) is 3.45. The fraction of sp³-hybridized carbons (Fsp3) is 0.467. The van der Waals surface area contributed by atoms with Crippen LogP contribution in [-0.4, -0.2) is 17.0 Å². The number of carbonyl (C=O) groups excluding carboxylic acids is 1. The number of benzene rings is 1. The molecule has 5 nitrogen and oxygen atoms in total. The summed E-state index contributed by atoms with van der Waals surface area (Å²) in [6.07, 6.45) is 6.63. The van der Waals surface area contributed by atoms with Crippen LogP contribution in [0.3, 0.4) is 0 Å². The zero-order chi connectivity index (χ0) is 15.2. The molecular formula is C15H20BrN3O2. The third-order valence-corrected chi connectivity index (χ3v) is 4.50. The summed E-state index contributed by atoms with van der Waals surface area (Å²) in [7, 11) is 0. The lowest BCUT2D eigenvalue weighted by Crippen LogP contribution is -2.19. The molecule has 4 N–H and O–H groups in total. The second kappa shape index (κ2) is 7.45. The first-order chi connectivity index (χ1) is 10.1. The van der Waals surface area contributed by atoms with Crippen LogP contribution in [0.4, 0.5) is 5.69 Å². The average molecular weight is 354 g/mol. The van der Waals surface area contributed by atoms with Crippen molar-refractivity contribution in [3.8, 4) is 0 Å². The Labute approximate surface area is 132 Å². The van der Waals surface area contributed by atoms with E-state index in [1.165, 1.54) is 19.3 Å². The number of nitrogens with one attached hydrogen (secondary N) is 1. The lowest BCUT2D eigenvalue weighted by Gasteiger charge is -2.21. The minimum absolute atomic E-state index is 0.0378. The normalized spacial score (nSPS) is 16.7. The van der Waals surface area contributed by atoms with Crippen molar-refractivity contribution in [3.05, 3.63) is 28.2 Å². The van der Waals surface area contributed by atoms with Gasteiger partial charge in [0.25, 0.3) is 0 Å². The van der Waals surface area contributed by atoms with Crippen LogP contribution in [0.15, 0.2) is 27.8 Å². The van der Waals surface area contributed by atoms with E-state index in [9.17, 15) is 4.79 Å². The van der Waals surface area contributed by atoms with Gasteiger partial charge < -0.3 is 16.3 Å². The predicted molar refractivity (Wildman–Crippen MR) is 86.5 cm³/mol. The third-order valence-electron chi connectivity index (χ3n) is 3.85. The van der Waals surface area contributed by atoms with Gasteiger partial charge in [-0.25, -0.2) is 0 Å². The Morgan fingerprint density at radius 3 is 2.71 bits per heavy atom. The molecule has 0 radical (unpaired) electrons. The van der Waals surface area contributed by atoms with Crippen molar-refractivity contribution in [2.24, 2.45) is 16.8 Å². The van der Waals surface area contributed by atoms with E-state index in [0.29, 0.717) is 28.1 Å². The van der Waals surface area contributed by atoms with E-state index in [-0.39, 0.29) is 11.7 Å². The monoisotopic (exact) mass is 353 g/mol. The van der Waals surface area contributed by atoms with Gasteiger partial charge in [-0.05, 0) is 52.9 Å². The lowest BCUT2D eigenvalue weighted by molar-refractivity contribution is -0.117. The van der Waals surface area contributed by atoms with Crippen LogP contribution in [-0.2, 0) is 4.79 Å². The fourth-order valence-electron chi connectivity index (χ4n) is 2.69. The van der Waals surface area contributed by atoms with Crippen molar-refractivity contribution in [3.63, 3.8) is 0 Å². The van der Waals surface area contributed by atoms with Gasteiger partial charge in [0.05, 0.1) is 5.69 Å². The van der Waals surface area contributed by atoms with Gasteiger partial charge in [-0.2, -0.15) is 0 Å². The van der Waals surface area contributed by atoms with E-state index >= 15 is 0 Å². The molecule has 0 heterocycles. The molecule has 1 amide bonds. The Hall–Kier alpha value is -1.56. The molecule has 2 rings (SSSR count). The molecule has 1 saturated carbocycles. The van der Waals surface area contributed by atoms with Crippen molar-refractivity contribution in [2.75, 3.05) is 5.32 Å². The van der Waals surface area contributed by atoms with Crippen LogP contribution in [0.5, 0.6) is 0 Å². The van der Waals surface area contributed by atoms with Crippen molar-refractivity contribution in [1.82, 2.24) is 0 Å². The smallest absolute Gasteiger partial charge is 0.224 e. The number of anilines is 1. The molecule has 114 valence electrons. The molecule has 0 spiro atoms. The van der Waals surface area contributed by atoms with Crippen molar-refractivity contribution in [1.29, 1.82) is 0 Å². The van der Waals surface area contributed by atoms with Crippen LogP contribution < -0.4 is 11.1 Å². The van der Waals surface area contributed by atoms with E-state index < -0.39 is 0 Å². The van der Waals surface area contributed by atoms with Gasteiger partial charge in [-0.3, -0.25) is 4.79 Å². The molecule has 0 unspecified atom stereocenters. The summed E-state index contributed by atoms with van der Waals surface area (Å²) in [5, 5.41) is 14.5. The number of hydrogen-bond donors (Lipinski definition) is 3. The first kappa shape index (κ1) is 15.8. The SMILES string of the molecule is N/C(=N/O)c1ccc(NC(=O)CC2CCCCC2)c(Br)c1. The summed E-state index contributed by atoms with van der Waals surface area (Å²) in [6.45, 7) is 0. The van der Waals surface area contributed by atoms with E-state index in [4.69, 9.17) is 10.9 Å². The number of halogens is 1. The van der Waals surface area contributed by atoms with Crippen LogP contribution in [0.2, 0.25) is 0 Å². The van der Waals surface area contributed by atoms with Gasteiger partial charge in [-0.1, -0.05) is 24.4 Å². The molecule has 0 bridgehead atoms. The molecular weight excluding hydrogens is 334 g/mol. The Morgan fingerprint density at radius 2 is 2.10 bits per heavy atom. The largest absolute Gasteiger partial charge is 0.409 e. The molecule has 1 aliphatic rings. The van der Waals surface area contributed by atoms with Crippen LogP contribution in [0.25, 0.3) is 0 Å². The number of rotatable bonds is 4. The Kier molecular flexibility index (Phi) is 5.61. The molecule has 1 aromatic carbocycles. The maximum atomic E-state index is 12.1. The third kappa shape index (κ3) is 4.46. The highest BCUT2D eigenvalue weighted by Gasteiger charge is 2.17. The first-order valence-corrected chi connectivity index (χ1v) is 7.96. The lowest BCUT2D eigenvalue weighted by atomic mass is 9.87. The van der Waals surface area contributed by atoms with Crippen molar-refractivity contribution >= 4 is 33.4 Å². The summed E-state index contributed by atoms with van der Waals surface area (Å²) >= 11 is 3.39. The number of amides is 1. The van der Waals surface area contributed by atoms with E-state index in [2.05, 4.69) is 26.4 Å². The zero-order valence-corrected chi connectivity index (χ0v) is 13.4. The molecule has 1 aliphatic carbocycles. The second-order valence-corrected chi connectivity index (χ2v) is 6.29. The number of hydrogen-bond acceptors (Lipinski definition) is 3. The molecule has 0 saturated heterocycles.